The van der Waals surface area contributed by atoms with Crippen LogP contribution in [0.4, 0.5) is 0 Å². The molecule has 0 saturated carbocycles. The van der Waals surface area contributed by atoms with Crippen LogP contribution in [0.2, 0.25) is 0 Å². The lowest BCUT2D eigenvalue weighted by molar-refractivity contribution is 0.460. The first-order valence-electron chi connectivity index (χ1n) is 6.76. The highest BCUT2D eigenvalue weighted by Crippen LogP contribution is 2.34. The Morgan fingerprint density at radius 3 is 2.28 bits per heavy atom. The first-order chi connectivity index (χ1) is 8.22. The highest BCUT2D eigenvalue weighted by atomic mass is 32.2. The Kier molecular flexibility index (Phi) is 8.91. The Morgan fingerprint density at radius 1 is 1.17 bits per heavy atom. The lowest BCUT2D eigenvalue weighted by atomic mass is 9.89. The van der Waals surface area contributed by atoms with Gasteiger partial charge in [0, 0.05) is 4.75 Å². The molecule has 0 N–H and O–H groups in total. The van der Waals surface area contributed by atoms with Crippen molar-refractivity contribution >= 4 is 39.3 Å². The molecule has 0 amide bonds. The van der Waals surface area contributed by atoms with Gasteiger partial charge in [-0.1, -0.05) is 65.9 Å². The molecule has 0 bridgehead atoms. The van der Waals surface area contributed by atoms with Crippen LogP contribution < -0.4 is 0 Å². The first-order valence-corrected chi connectivity index (χ1v) is 8.97. The maximum atomic E-state index is 5.42. The minimum atomic E-state index is 0.206. The normalized spacial score (nSPS) is 13.2. The fraction of sp³-hybridized carbons (Fsp3) is 0.800. The molecule has 0 aromatic rings. The smallest absolute Gasteiger partial charge is 0.104 e. The second kappa shape index (κ2) is 8.65. The van der Waals surface area contributed by atoms with Gasteiger partial charge in [0.05, 0.1) is 0 Å². The second-order valence-corrected chi connectivity index (χ2v) is 9.92. The van der Waals surface area contributed by atoms with Crippen LogP contribution in [0.5, 0.6) is 0 Å². The molecule has 0 fully saturated rings. The third-order valence-electron chi connectivity index (χ3n) is 2.87. The summed E-state index contributed by atoms with van der Waals surface area (Å²) in [5.41, 5.74) is 0.318. The Balaban J connectivity index is 4.19. The Morgan fingerprint density at radius 2 is 1.78 bits per heavy atom. The highest BCUT2D eigenvalue weighted by molar-refractivity contribution is 8.47. The van der Waals surface area contributed by atoms with Gasteiger partial charge in [-0.25, -0.2) is 0 Å². The van der Waals surface area contributed by atoms with Gasteiger partial charge in [-0.15, -0.1) is 23.5 Å². The molecule has 0 unspecified atom stereocenters. The Hall–Kier alpha value is 0.530. The van der Waals surface area contributed by atoms with E-state index in [4.69, 9.17) is 12.2 Å². The predicted octanol–water partition coefficient (Wildman–Crippen LogP) is 6.31. The van der Waals surface area contributed by atoms with Gasteiger partial charge < -0.3 is 0 Å². The van der Waals surface area contributed by atoms with Crippen LogP contribution in [-0.2, 0) is 0 Å². The summed E-state index contributed by atoms with van der Waals surface area (Å²) in [6.07, 6.45) is 8.12. The molecule has 0 heterocycles. The van der Waals surface area contributed by atoms with Crippen LogP contribution in [0.15, 0.2) is 12.2 Å². The molecule has 0 aliphatic carbocycles. The summed E-state index contributed by atoms with van der Waals surface area (Å²) in [7, 11) is 0. The zero-order chi connectivity index (χ0) is 14.2. The van der Waals surface area contributed by atoms with E-state index >= 15 is 0 Å². The summed E-state index contributed by atoms with van der Waals surface area (Å²) >= 11 is 9.08. The Labute approximate surface area is 128 Å². The molecule has 0 saturated heterocycles. The quantitative estimate of drug-likeness (QED) is 0.399. The van der Waals surface area contributed by atoms with Crippen molar-refractivity contribution in [1.29, 1.82) is 0 Å². The molecule has 0 atom stereocenters. The van der Waals surface area contributed by atoms with Gasteiger partial charge in [-0.3, -0.25) is 0 Å². The Bertz CT molecular complexity index is 277. The number of hydrogen-bond acceptors (Lipinski definition) is 3. The molecule has 106 valence electrons. The van der Waals surface area contributed by atoms with Crippen molar-refractivity contribution < 1.29 is 0 Å². The van der Waals surface area contributed by atoms with Crippen LogP contribution in [0, 0.1) is 5.41 Å². The van der Waals surface area contributed by atoms with Crippen molar-refractivity contribution in [2.45, 2.75) is 65.6 Å². The van der Waals surface area contributed by atoms with Gasteiger partial charge >= 0.3 is 0 Å². The fourth-order valence-electron chi connectivity index (χ4n) is 1.26. The van der Waals surface area contributed by atoms with E-state index < -0.39 is 0 Å². The number of thiocarbonyl (C=S) groups is 1. The number of allylic oxidation sites excluding steroid dienone is 2. The van der Waals surface area contributed by atoms with E-state index in [0.717, 1.165) is 15.7 Å². The van der Waals surface area contributed by atoms with Crippen LogP contribution in [0.3, 0.4) is 0 Å². The molecule has 0 nitrogen and oxygen atoms in total. The van der Waals surface area contributed by atoms with Gasteiger partial charge in [0.15, 0.2) is 0 Å². The molecule has 0 radical (unpaired) electrons. The number of rotatable bonds is 7. The summed E-state index contributed by atoms with van der Waals surface area (Å²) in [6, 6.07) is 0. The van der Waals surface area contributed by atoms with Crippen molar-refractivity contribution in [1.82, 2.24) is 0 Å². The van der Waals surface area contributed by atoms with Gasteiger partial charge in [0.1, 0.15) is 3.53 Å². The largest absolute Gasteiger partial charge is 0.108 e. The molecule has 0 rings (SSSR count). The molecular formula is C15H28S3. The second-order valence-electron chi connectivity index (χ2n) is 5.91. The lowest BCUT2D eigenvalue weighted by Gasteiger charge is -2.23. The van der Waals surface area contributed by atoms with Crippen molar-refractivity contribution in [3.8, 4) is 0 Å². The van der Waals surface area contributed by atoms with E-state index in [1.807, 2.05) is 23.5 Å². The van der Waals surface area contributed by atoms with E-state index in [2.05, 4.69) is 53.7 Å². The van der Waals surface area contributed by atoms with Gasteiger partial charge in [0.2, 0.25) is 0 Å². The standard InChI is InChI=1S/C15H28S3/c1-7-12-17-13(16)18-15(5,6)11-9-10-14(3,4)8-2/h9-10H,7-8,11-12H2,1-6H3/b10-9+. The van der Waals surface area contributed by atoms with E-state index in [9.17, 15) is 0 Å². The average molecular weight is 305 g/mol. The molecule has 0 aromatic carbocycles. The zero-order valence-electron chi connectivity index (χ0n) is 12.7. The van der Waals surface area contributed by atoms with Crippen molar-refractivity contribution in [3.05, 3.63) is 12.2 Å². The average Bonchev–Trinajstić information content (AvgIpc) is 2.25. The third kappa shape index (κ3) is 9.46. The predicted molar refractivity (Wildman–Crippen MR) is 94.8 cm³/mol. The first kappa shape index (κ1) is 18.5. The van der Waals surface area contributed by atoms with Gasteiger partial charge in [0.25, 0.3) is 0 Å². The summed E-state index contributed by atoms with van der Waals surface area (Å²) in [5.74, 6) is 1.14. The van der Waals surface area contributed by atoms with Crippen molar-refractivity contribution in [2.24, 2.45) is 5.41 Å². The highest BCUT2D eigenvalue weighted by Gasteiger charge is 2.20. The van der Waals surface area contributed by atoms with Crippen molar-refractivity contribution in [3.63, 3.8) is 0 Å². The zero-order valence-corrected chi connectivity index (χ0v) is 15.2. The van der Waals surface area contributed by atoms with Crippen LogP contribution in [0.25, 0.3) is 0 Å². The fourth-order valence-corrected chi connectivity index (χ4v) is 4.35. The minimum absolute atomic E-state index is 0.206. The molecule has 18 heavy (non-hydrogen) atoms. The molecule has 0 aliphatic rings. The summed E-state index contributed by atoms with van der Waals surface area (Å²) in [4.78, 5) is 0. The van der Waals surface area contributed by atoms with Crippen LogP contribution in [-0.4, -0.2) is 14.0 Å². The topological polar surface area (TPSA) is 0 Å². The molecule has 0 spiro atoms. The van der Waals surface area contributed by atoms with E-state index in [0.29, 0.717) is 5.41 Å². The maximum Gasteiger partial charge on any atom is 0.104 e. The minimum Gasteiger partial charge on any atom is -0.108 e. The van der Waals surface area contributed by atoms with Gasteiger partial charge in [-0.2, -0.15) is 0 Å². The summed E-state index contributed by atoms with van der Waals surface area (Å²) < 4.78 is 1.29. The lowest BCUT2D eigenvalue weighted by Crippen LogP contribution is -2.15. The molecule has 0 aliphatic heterocycles. The van der Waals surface area contributed by atoms with E-state index in [-0.39, 0.29) is 4.75 Å². The van der Waals surface area contributed by atoms with Gasteiger partial charge in [-0.05, 0) is 30.4 Å². The maximum absolute atomic E-state index is 5.42. The van der Waals surface area contributed by atoms with Crippen LogP contribution >= 0.6 is 35.7 Å². The number of thioether (sulfide) groups is 2. The van der Waals surface area contributed by atoms with E-state index in [1.54, 1.807) is 0 Å². The molecule has 3 heteroatoms. The third-order valence-corrected chi connectivity index (χ3v) is 5.81. The van der Waals surface area contributed by atoms with E-state index in [1.165, 1.54) is 12.8 Å². The number of hydrogen-bond donors (Lipinski definition) is 0. The monoisotopic (exact) mass is 304 g/mol. The SMILES string of the molecule is CCCSC(=S)SC(C)(C)C/C=C/C(C)(C)CC. The van der Waals surface area contributed by atoms with Crippen molar-refractivity contribution in [2.75, 3.05) is 5.75 Å². The van der Waals surface area contributed by atoms with Crippen LogP contribution in [0.1, 0.15) is 60.8 Å². The molecular weight excluding hydrogens is 276 g/mol. The summed E-state index contributed by atoms with van der Waals surface area (Å²) in [6.45, 7) is 13.6. The summed E-state index contributed by atoms with van der Waals surface area (Å²) in [5, 5.41) is 0. The molecule has 0 aromatic heterocycles.